The van der Waals surface area contributed by atoms with E-state index in [1.54, 1.807) is 12.1 Å². The molecule has 0 saturated heterocycles. The summed E-state index contributed by atoms with van der Waals surface area (Å²) in [7, 11) is 1.77. The maximum atomic E-state index is 5.61. The topological polar surface area (TPSA) is 18.8 Å². The highest BCUT2D eigenvalue weighted by molar-refractivity contribution is 9.09. The highest BCUT2D eigenvalue weighted by Gasteiger charge is 2.37. The lowest BCUT2D eigenvalue weighted by Crippen LogP contribution is -2.40. The van der Waals surface area contributed by atoms with Crippen LogP contribution in [0.3, 0.4) is 0 Å². The van der Waals surface area contributed by atoms with Gasteiger partial charge in [0.25, 0.3) is 3.92 Å². The van der Waals surface area contributed by atoms with Crippen LogP contribution in [0, 0.1) is 0 Å². The minimum atomic E-state index is -1.46. The van der Waals surface area contributed by atoms with Gasteiger partial charge in [0.1, 0.15) is 6.34 Å². The van der Waals surface area contributed by atoms with Gasteiger partial charge in [0.15, 0.2) is 5.08 Å². The molecule has 0 aromatic carbocycles. The van der Waals surface area contributed by atoms with Gasteiger partial charge in [-0.2, -0.15) is 5.10 Å². The van der Waals surface area contributed by atoms with Crippen molar-refractivity contribution >= 4 is 57.1 Å². The van der Waals surface area contributed by atoms with E-state index < -0.39 is 3.92 Å². The lowest BCUT2D eigenvalue weighted by Gasteiger charge is -2.28. The quantitative estimate of drug-likeness (QED) is 0.501. The minimum absolute atomic E-state index is 0.199. The SMILES string of the molecule is CN1N=CN(C(Cl)(Cl)Cl)C1Br. The van der Waals surface area contributed by atoms with E-state index >= 15 is 0 Å². The lowest BCUT2D eigenvalue weighted by molar-refractivity contribution is 0.251. The van der Waals surface area contributed by atoms with Crippen LogP contribution in [-0.2, 0) is 0 Å². The summed E-state index contributed by atoms with van der Waals surface area (Å²) in [5, 5.41) is 5.33. The third-order valence-corrected chi connectivity index (χ3v) is 2.81. The molecule has 7 heteroatoms. The highest BCUT2D eigenvalue weighted by atomic mass is 79.9. The van der Waals surface area contributed by atoms with Crippen LogP contribution in [0.15, 0.2) is 5.10 Å². The summed E-state index contributed by atoms with van der Waals surface area (Å²) in [5.74, 6) is 0. The summed E-state index contributed by atoms with van der Waals surface area (Å²) in [6.45, 7) is 0. The Bertz CT molecular complexity index is 180. The predicted molar refractivity (Wildman–Crippen MR) is 51.1 cm³/mol. The summed E-state index contributed by atoms with van der Waals surface area (Å²) < 4.78 is -1.46. The molecule has 1 heterocycles. The van der Waals surface area contributed by atoms with Gasteiger partial charge in [-0.15, -0.1) is 0 Å². The van der Waals surface area contributed by atoms with Crippen molar-refractivity contribution in [3.63, 3.8) is 0 Å². The second-order valence-electron chi connectivity index (χ2n) is 1.99. The van der Waals surface area contributed by atoms with E-state index in [-0.39, 0.29) is 5.08 Å². The molecule has 0 aliphatic carbocycles. The number of hydrazone groups is 1. The molecule has 0 spiro atoms. The van der Waals surface area contributed by atoms with Gasteiger partial charge in [-0.1, -0.05) is 34.8 Å². The van der Waals surface area contributed by atoms with E-state index in [0.717, 1.165) is 0 Å². The molecule has 1 rings (SSSR count). The zero-order chi connectivity index (χ0) is 8.65. The molecule has 1 atom stereocenters. The molecule has 0 radical (unpaired) electrons. The fourth-order valence-corrected chi connectivity index (χ4v) is 1.89. The summed E-state index contributed by atoms with van der Waals surface area (Å²) in [6, 6.07) is 0. The molecule has 0 saturated carbocycles. The standard InChI is InChI=1S/C4H5BrCl3N3/c1-10-3(5)11(2-9-10)4(6,7)8/h2-3H,1H3. The molecule has 0 N–H and O–H groups in total. The molecular formula is C4H5BrCl3N3. The zero-order valence-corrected chi connectivity index (χ0v) is 9.36. The van der Waals surface area contributed by atoms with Gasteiger partial charge in [-0.25, -0.2) is 0 Å². The van der Waals surface area contributed by atoms with Crippen LogP contribution in [0.2, 0.25) is 0 Å². The van der Waals surface area contributed by atoms with Crippen LogP contribution in [0.4, 0.5) is 0 Å². The fraction of sp³-hybridized carbons (Fsp3) is 0.750. The highest BCUT2D eigenvalue weighted by Crippen LogP contribution is 2.35. The third-order valence-electron chi connectivity index (χ3n) is 1.19. The average molecular weight is 281 g/mol. The van der Waals surface area contributed by atoms with Gasteiger partial charge in [-0.3, -0.25) is 9.91 Å². The zero-order valence-electron chi connectivity index (χ0n) is 5.51. The number of halogens is 4. The fourth-order valence-electron chi connectivity index (χ4n) is 0.613. The number of hydrogen-bond acceptors (Lipinski definition) is 3. The first-order chi connectivity index (χ1) is 4.93. The van der Waals surface area contributed by atoms with Crippen molar-refractivity contribution < 1.29 is 0 Å². The number of nitrogens with zero attached hydrogens (tertiary/aromatic N) is 3. The third kappa shape index (κ3) is 2.05. The molecule has 1 aliphatic rings. The second-order valence-corrected chi connectivity index (χ2v) is 5.03. The van der Waals surface area contributed by atoms with Crippen molar-refractivity contribution in [3.8, 4) is 0 Å². The van der Waals surface area contributed by atoms with E-state index in [2.05, 4.69) is 21.0 Å². The number of hydrogen-bond donors (Lipinski definition) is 0. The Morgan fingerprint density at radius 2 is 2.09 bits per heavy atom. The first-order valence-corrected chi connectivity index (χ1v) is 4.74. The van der Waals surface area contributed by atoms with Gasteiger partial charge < -0.3 is 0 Å². The maximum Gasteiger partial charge on any atom is 0.271 e. The van der Waals surface area contributed by atoms with Gasteiger partial charge >= 0.3 is 0 Å². The molecule has 0 aromatic heterocycles. The van der Waals surface area contributed by atoms with Crippen LogP contribution in [0.5, 0.6) is 0 Å². The average Bonchev–Trinajstić information content (AvgIpc) is 2.11. The van der Waals surface area contributed by atoms with Crippen LogP contribution < -0.4 is 0 Å². The van der Waals surface area contributed by atoms with Crippen molar-refractivity contribution in [2.45, 2.75) is 8.99 Å². The molecule has 0 aromatic rings. The molecule has 0 fully saturated rings. The molecule has 1 aliphatic heterocycles. The van der Waals surface area contributed by atoms with Crippen LogP contribution in [-0.4, -0.2) is 32.3 Å². The lowest BCUT2D eigenvalue weighted by atomic mass is 10.8. The normalized spacial score (nSPS) is 25.0. The van der Waals surface area contributed by atoms with Crippen LogP contribution in [0.25, 0.3) is 0 Å². The molecule has 3 nitrogen and oxygen atoms in total. The second kappa shape index (κ2) is 3.17. The van der Waals surface area contributed by atoms with Crippen molar-refractivity contribution in [1.82, 2.24) is 9.91 Å². The first kappa shape index (κ1) is 9.71. The van der Waals surface area contributed by atoms with Crippen molar-refractivity contribution in [3.05, 3.63) is 0 Å². The van der Waals surface area contributed by atoms with Gasteiger partial charge in [0.05, 0.1) is 0 Å². The summed E-state index contributed by atoms with van der Waals surface area (Å²) in [4.78, 5) is 1.46. The predicted octanol–water partition coefficient (Wildman–Crippen LogP) is 2.18. The Morgan fingerprint density at radius 3 is 2.27 bits per heavy atom. The molecule has 0 amide bonds. The van der Waals surface area contributed by atoms with E-state index in [1.807, 2.05) is 0 Å². The Kier molecular flexibility index (Phi) is 2.79. The van der Waals surface area contributed by atoms with Crippen molar-refractivity contribution in [2.24, 2.45) is 5.10 Å². The smallest absolute Gasteiger partial charge is 0.271 e. The van der Waals surface area contributed by atoms with Gasteiger partial charge in [-0.05, 0) is 15.9 Å². The molecule has 0 bridgehead atoms. The van der Waals surface area contributed by atoms with E-state index in [9.17, 15) is 0 Å². The Hall–Kier alpha value is 0.620. The van der Waals surface area contributed by atoms with Gasteiger partial charge in [0.2, 0.25) is 0 Å². The minimum Gasteiger partial charge on any atom is -0.285 e. The molecular weight excluding hydrogens is 276 g/mol. The van der Waals surface area contributed by atoms with E-state index in [0.29, 0.717) is 0 Å². The largest absolute Gasteiger partial charge is 0.285 e. The number of rotatable bonds is 0. The number of alkyl halides is 4. The maximum absolute atomic E-state index is 5.61. The molecule has 1 unspecified atom stereocenters. The molecule has 64 valence electrons. The Balaban J connectivity index is 2.70. The monoisotopic (exact) mass is 279 g/mol. The summed E-state index contributed by atoms with van der Waals surface area (Å²) in [6.07, 6.45) is 1.46. The van der Waals surface area contributed by atoms with Gasteiger partial charge in [0, 0.05) is 7.05 Å². The van der Waals surface area contributed by atoms with Crippen LogP contribution >= 0.6 is 50.7 Å². The van der Waals surface area contributed by atoms with E-state index in [1.165, 1.54) is 11.2 Å². The van der Waals surface area contributed by atoms with Crippen molar-refractivity contribution in [1.29, 1.82) is 0 Å². The Morgan fingerprint density at radius 1 is 1.55 bits per heavy atom. The first-order valence-electron chi connectivity index (χ1n) is 2.69. The van der Waals surface area contributed by atoms with Crippen LogP contribution in [0.1, 0.15) is 0 Å². The molecule has 11 heavy (non-hydrogen) atoms. The summed E-state index contributed by atoms with van der Waals surface area (Å²) >= 11 is 20.1. The Labute approximate surface area is 88.0 Å². The van der Waals surface area contributed by atoms with E-state index in [4.69, 9.17) is 34.8 Å². The summed E-state index contributed by atoms with van der Waals surface area (Å²) in [5.41, 5.74) is 0. The van der Waals surface area contributed by atoms with Crippen molar-refractivity contribution in [2.75, 3.05) is 7.05 Å².